The van der Waals surface area contributed by atoms with E-state index >= 15 is 0 Å². The van der Waals surface area contributed by atoms with Gasteiger partial charge in [0.25, 0.3) is 0 Å². The number of nitrogens with zero attached hydrogens (tertiary/aromatic N) is 5. The fourth-order valence-electron chi connectivity index (χ4n) is 4.51. The molecule has 1 aliphatic rings. The second-order valence-corrected chi connectivity index (χ2v) is 9.13. The van der Waals surface area contributed by atoms with Gasteiger partial charge >= 0.3 is 0 Å². The number of morpholine rings is 1. The van der Waals surface area contributed by atoms with Gasteiger partial charge in [-0.2, -0.15) is 5.10 Å². The number of aliphatic hydroxyl groups excluding tert-OH is 1. The van der Waals surface area contributed by atoms with Gasteiger partial charge in [0.1, 0.15) is 11.4 Å². The summed E-state index contributed by atoms with van der Waals surface area (Å²) in [7, 11) is 1.58. The molecule has 4 N–H and O–H groups in total. The Hall–Kier alpha value is -3.99. The smallest absolute Gasteiger partial charge is 0.227 e. The summed E-state index contributed by atoms with van der Waals surface area (Å²) in [5, 5.41) is 17.5. The summed E-state index contributed by atoms with van der Waals surface area (Å²) in [6.07, 6.45) is 4.57. The zero-order valence-electron chi connectivity index (χ0n) is 21.5. The van der Waals surface area contributed by atoms with Gasteiger partial charge in [0.15, 0.2) is 0 Å². The number of ether oxygens (including phenoxy) is 2. The van der Waals surface area contributed by atoms with Crippen LogP contribution in [0.25, 0.3) is 22.5 Å². The van der Waals surface area contributed by atoms with Crippen molar-refractivity contribution in [2.24, 2.45) is 0 Å². The summed E-state index contributed by atoms with van der Waals surface area (Å²) in [5.41, 5.74) is 11.8. The molecule has 1 aliphatic heterocycles. The van der Waals surface area contributed by atoms with E-state index in [0.717, 1.165) is 56.1 Å². The predicted molar refractivity (Wildman–Crippen MR) is 147 cm³/mol. The molecule has 0 saturated carbocycles. The van der Waals surface area contributed by atoms with Gasteiger partial charge in [-0.05, 0) is 42.3 Å². The first-order valence-corrected chi connectivity index (χ1v) is 12.7. The number of anilines is 3. The third-order valence-corrected chi connectivity index (χ3v) is 6.53. The van der Waals surface area contributed by atoms with Crippen LogP contribution in [0.4, 0.5) is 17.3 Å². The van der Waals surface area contributed by atoms with Crippen molar-refractivity contribution < 1.29 is 14.6 Å². The Labute approximate surface area is 222 Å². The third kappa shape index (κ3) is 6.10. The molecular weight excluding hydrogens is 482 g/mol. The minimum absolute atomic E-state index is 0.0237. The van der Waals surface area contributed by atoms with Crippen LogP contribution in [0.2, 0.25) is 0 Å². The Kier molecular flexibility index (Phi) is 8.12. The number of nitrogens with two attached hydrogens (primary N) is 1. The molecule has 0 amide bonds. The Balaban J connectivity index is 1.38. The fourth-order valence-corrected chi connectivity index (χ4v) is 4.51. The predicted octanol–water partition coefficient (Wildman–Crippen LogP) is 3.21. The Morgan fingerprint density at radius 2 is 1.97 bits per heavy atom. The molecule has 10 nitrogen and oxygen atoms in total. The van der Waals surface area contributed by atoms with Crippen LogP contribution in [0.3, 0.4) is 0 Å². The largest absolute Gasteiger partial charge is 0.495 e. The van der Waals surface area contributed by atoms with E-state index in [4.69, 9.17) is 25.3 Å². The summed E-state index contributed by atoms with van der Waals surface area (Å²) in [4.78, 5) is 11.7. The van der Waals surface area contributed by atoms with Gasteiger partial charge in [0.05, 0.1) is 44.9 Å². The number of hydrogen-bond acceptors (Lipinski definition) is 9. The molecule has 0 unspecified atom stereocenters. The number of benzene rings is 2. The van der Waals surface area contributed by atoms with E-state index in [1.54, 1.807) is 24.1 Å². The van der Waals surface area contributed by atoms with Gasteiger partial charge in [-0.15, -0.1) is 0 Å². The van der Waals surface area contributed by atoms with Gasteiger partial charge in [-0.1, -0.05) is 18.2 Å². The molecule has 5 rings (SSSR count). The lowest BCUT2D eigenvalue weighted by atomic mass is 10.0. The van der Waals surface area contributed by atoms with Crippen LogP contribution in [0.15, 0.2) is 60.9 Å². The summed E-state index contributed by atoms with van der Waals surface area (Å²) in [5.74, 6) is 1.06. The molecule has 198 valence electrons. The van der Waals surface area contributed by atoms with E-state index in [1.807, 2.05) is 36.5 Å². The van der Waals surface area contributed by atoms with Crippen molar-refractivity contribution in [1.29, 1.82) is 0 Å². The molecule has 2 aromatic heterocycles. The highest BCUT2D eigenvalue weighted by atomic mass is 16.5. The van der Waals surface area contributed by atoms with Crippen molar-refractivity contribution in [2.45, 2.75) is 13.0 Å². The van der Waals surface area contributed by atoms with Crippen LogP contribution in [0.1, 0.15) is 5.56 Å². The molecule has 2 aromatic carbocycles. The first-order chi connectivity index (χ1) is 18.6. The maximum atomic E-state index is 9.48. The summed E-state index contributed by atoms with van der Waals surface area (Å²) < 4.78 is 12.6. The van der Waals surface area contributed by atoms with Crippen molar-refractivity contribution in [2.75, 3.05) is 57.6 Å². The maximum absolute atomic E-state index is 9.48. The first kappa shape index (κ1) is 25.7. The van der Waals surface area contributed by atoms with Crippen molar-refractivity contribution in [3.05, 3.63) is 66.5 Å². The number of hydrogen-bond donors (Lipinski definition) is 3. The SMILES string of the molecule is COc1cc(-c2nn(CCO)cc2-c2ccnc(Nc3cccc(CCN4CCOCC4)c3)n2)ccc1N. The molecule has 3 heterocycles. The lowest BCUT2D eigenvalue weighted by molar-refractivity contribution is 0.0384. The van der Waals surface area contributed by atoms with Crippen LogP contribution >= 0.6 is 0 Å². The highest BCUT2D eigenvalue weighted by Crippen LogP contribution is 2.34. The quantitative estimate of drug-likeness (QED) is 0.273. The van der Waals surface area contributed by atoms with Crippen molar-refractivity contribution >= 4 is 17.3 Å². The van der Waals surface area contributed by atoms with E-state index in [-0.39, 0.29) is 6.61 Å². The molecule has 1 saturated heterocycles. The summed E-state index contributed by atoms with van der Waals surface area (Å²) in [6.45, 7) is 4.94. The van der Waals surface area contributed by atoms with Crippen LogP contribution in [0, 0.1) is 0 Å². The highest BCUT2D eigenvalue weighted by molar-refractivity contribution is 5.81. The standard InChI is InChI=1S/C28H33N7O3/c1-37-26-18-21(5-6-24(26)29)27-23(19-35(33-27)11-14-36)25-7-9-30-28(32-25)31-22-4-2-3-20(17-22)8-10-34-12-15-38-16-13-34/h2-7,9,17-19,36H,8,10-16,29H2,1H3,(H,30,31,32). The lowest BCUT2D eigenvalue weighted by Gasteiger charge is -2.26. The normalized spacial score (nSPS) is 13.9. The molecule has 4 aromatic rings. The van der Waals surface area contributed by atoms with E-state index in [0.29, 0.717) is 35.3 Å². The van der Waals surface area contributed by atoms with Gasteiger partial charge in [0, 0.05) is 48.8 Å². The monoisotopic (exact) mass is 515 g/mol. The molecule has 10 heteroatoms. The van der Waals surface area contributed by atoms with Crippen molar-refractivity contribution in [3.8, 4) is 28.3 Å². The van der Waals surface area contributed by atoms with Gasteiger partial charge < -0.3 is 25.6 Å². The molecule has 0 bridgehead atoms. The first-order valence-electron chi connectivity index (χ1n) is 12.7. The van der Waals surface area contributed by atoms with Crippen LogP contribution in [-0.4, -0.2) is 76.3 Å². The van der Waals surface area contributed by atoms with E-state index in [9.17, 15) is 5.11 Å². The van der Waals surface area contributed by atoms with Crippen molar-refractivity contribution in [1.82, 2.24) is 24.6 Å². The summed E-state index contributed by atoms with van der Waals surface area (Å²) in [6, 6.07) is 15.7. The van der Waals surface area contributed by atoms with Crippen LogP contribution in [0.5, 0.6) is 5.75 Å². The molecule has 0 spiro atoms. The minimum Gasteiger partial charge on any atom is -0.495 e. The molecular formula is C28H33N7O3. The van der Waals surface area contributed by atoms with E-state index < -0.39 is 0 Å². The molecule has 0 atom stereocenters. The van der Waals surface area contributed by atoms with Crippen molar-refractivity contribution in [3.63, 3.8) is 0 Å². The summed E-state index contributed by atoms with van der Waals surface area (Å²) >= 11 is 0. The topological polar surface area (TPSA) is 124 Å². The maximum Gasteiger partial charge on any atom is 0.227 e. The van der Waals surface area contributed by atoms with Gasteiger partial charge in [-0.3, -0.25) is 9.58 Å². The highest BCUT2D eigenvalue weighted by Gasteiger charge is 2.17. The lowest BCUT2D eigenvalue weighted by Crippen LogP contribution is -2.37. The molecule has 38 heavy (non-hydrogen) atoms. The van der Waals surface area contributed by atoms with Gasteiger partial charge in [0.2, 0.25) is 5.95 Å². The number of nitrogen functional groups attached to an aromatic ring is 1. The Morgan fingerprint density at radius 1 is 1.11 bits per heavy atom. The molecule has 0 radical (unpaired) electrons. The average Bonchev–Trinajstić information content (AvgIpc) is 3.37. The number of rotatable bonds is 10. The second kappa shape index (κ2) is 12.0. The fraction of sp³-hybridized carbons (Fsp3) is 0.321. The molecule has 1 fully saturated rings. The Bertz CT molecular complexity index is 1370. The van der Waals surface area contributed by atoms with Crippen LogP contribution < -0.4 is 15.8 Å². The third-order valence-electron chi connectivity index (χ3n) is 6.53. The number of aliphatic hydroxyl groups is 1. The average molecular weight is 516 g/mol. The van der Waals surface area contributed by atoms with Crippen LogP contribution in [-0.2, 0) is 17.7 Å². The number of nitrogens with one attached hydrogen (secondary N) is 1. The minimum atomic E-state index is -0.0237. The zero-order chi connectivity index (χ0) is 26.3. The zero-order valence-corrected chi connectivity index (χ0v) is 21.5. The second-order valence-electron chi connectivity index (χ2n) is 9.13. The number of aromatic nitrogens is 4. The number of methoxy groups -OCH3 is 1. The van der Waals surface area contributed by atoms with Gasteiger partial charge in [-0.25, -0.2) is 9.97 Å². The van der Waals surface area contributed by atoms with E-state index in [1.165, 1.54) is 5.56 Å². The molecule has 0 aliphatic carbocycles. The Morgan fingerprint density at radius 3 is 2.79 bits per heavy atom. The van der Waals surface area contributed by atoms with E-state index in [2.05, 4.69) is 27.3 Å².